The van der Waals surface area contributed by atoms with E-state index in [1.54, 1.807) is 0 Å². The van der Waals surface area contributed by atoms with Gasteiger partial charge >= 0.3 is 6.09 Å². The molecular formula is C22H37N3O2. The Morgan fingerprint density at radius 2 is 1.74 bits per heavy atom. The summed E-state index contributed by atoms with van der Waals surface area (Å²) >= 11 is 0. The molecule has 1 aliphatic rings. The molecule has 1 amide bonds. The summed E-state index contributed by atoms with van der Waals surface area (Å²) in [6.45, 7) is 13.7. The lowest BCUT2D eigenvalue weighted by molar-refractivity contribution is 0.0258. The van der Waals surface area contributed by atoms with Crippen LogP contribution in [-0.4, -0.2) is 47.8 Å². The second-order valence-electron chi connectivity index (χ2n) is 8.44. The Hall–Kier alpha value is -1.78. The molecular weight excluding hydrogens is 338 g/mol. The molecule has 5 heteroatoms. The van der Waals surface area contributed by atoms with Crippen LogP contribution >= 0.6 is 0 Å². The fourth-order valence-electron chi connectivity index (χ4n) is 3.29. The van der Waals surface area contributed by atoms with Crippen LogP contribution in [0.1, 0.15) is 71.6 Å². The number of rotatable bonds is 7. The molecule has 0 aromatic carbocycles. The van der Waals surface area contributed by atoms with Crippen molar-refractivity contribution in [1.82, 2.24) is 9.88 Å². The van der Waals surface area contributed by atoms with Gasteiger partial charge in [0.15, 0.2) is 0 Å². The zero-order valence-electron chi connectivity index (χ0n) is 17.9. The summed E-state index contributed by atoms with van der Waals surface area (Å²) in [6, 6.07) is 4.37. The highest BCUT2D eigenvalue weighted by Gasteiger charge is 2.25. The highest BCUT2D eigenvalue weighted by molar-refractivity contribution is 5.68. The number of aromatic nitrogens is 1. The molecule has 5 nitrogen and oxygen atoms in total. The van der Waals surface area contributed by atoms with Crippen LogP contribution in [0.25, 0.3) is 0 Å². The highest BCUT2D eigenvalue weighted by atomic mass is 16.6. The highest BCUT2D eigenvalue weighted by Crippen LogP contribution is 2.21. The molecule has 0 saturated heterocycles. The van der Waals surface area contributed by atoms with E-state index in [-0.39, 0.29) is 6.09 Å². The van der Waals surface area contributed by atoms with Crippen molar-refractivity contribution < 1.29 is 9.53 Å². The van der Waals surface area contributed by atoms with Crippen LogP contribution in [0.3, 0.4) is 0 Å². The molecule has 0 N–H and O–H groups in total. The minimum atomic E-state index is -0.458. The summed E-state index contributed by atoms with van der Waals surface area (Å²) in [5.41, 5.74) is 1.94. The standard InChI is InChI=1S/C22H37N3O2/c1-6-8-14-24(15-9-7-2)20-11-10-18-12-16-25(17-13-19(18)23-20)21(26)27-22(3,4)5/h10-11H,6-9,12-17H2,1-5H3. The fourth-order valence-corrected chi connectivity index (χ4v) is 3.29. The number of amides is 1. The molecule has 0 radical (unpaired) electrons. The van der Waals surface area contributed by atoms with Crippen molar-refractivity contribution in [2.45, 2.75) is 78.7 Å². The van der Waals surface area contributed by atoms with Gasteiger partial charge in [-0.2, -0.15) is 0 Å². The van der Waals surface area contributed by atoms with E-state index in [1.807, 2.05) is 25.7 Å². The summed E-state index contributed by atoms with van der Waals surface area (Å²) in [6.07, 6.45) is 6.17. The lowest BCUT2D eigenvalue weighted by atomic mass is 10.1. The lowest BCUT2D eigenvalue weighted by Crippen LogP contribution is -2.38. The minimum absolute atomic E-state index is 0.219. The van der Waals surface area contributed by atoms with Crippen molar-refractivity contribution >= 4 is 11.9 Å². The summed E-state index contributed by atoms with van der Waals surface area (Å²) in [7, 11) is 0. The van der Waals surface area contributed by atoms with E-state index >= 15 is 0 Å². The third kappa shape index (κ3) is 6.71. The Bertz CT molecular complexity index is 602. The Morgan fingerprint density at radius 3 is 2.33 bits per heavy atom. The number of anilines is 1. The van der Waals surface area contributed by atoms with Gasteiger partial charge in [-0.15, -0.1) is 0 Å². The third-order valence-corrected chi connectivity index (χ3v) is 4.86. The molecule has 0 bridgehead atoms. The number of carbonyl (C=O) groups is 1. The number of nitrogens with zero attached hydrogens (tertiary/aromatic N) is 3. The Balaban J connectivity index is 2.08. The zero-order valence-corrected chi connectivity index (χ0v) is 17.9. The normalized spacial score (nSPS) is 14.5. The third-order valence-electron chi connectivity index (χ3n) is 4.86. The van der Waals surface area contributed by atoms with Crippen LogP contribution in [0.15, 0.2) is 12.1 Å². The Labute approximate surface area is 165 Å². The van der Waals surface area contributed by atoms with Gasteiger partial charge in [-0.1, -0.05) is 32.8 Å². The molecule has 2 rings (SSSR count). The van der Waals surface area contributed by atoms with Crippen LogP contribution in [0, 0.1) is 0 Å². The number of carbonyl (C=O) groups excluding carboxylic acids is 1. The van der Waals surface area contributed by atoms with E-state index in [1.165, 1.54) is 31.2 Å². The van der Waals surface area contributed by atoms with Gasteiger partial charge in [0.1, 0.15) is 11.4 Å². The number of hydrogen-bond donors (Lipinski definition) is 0. The van der Waals surface area contributed by atoms with E-state index in [0.717, 1.165) is 37.4 Å². The Kier molecular flexibility index (Phi) is 7.93. The van der Waals surface area contributed by atoms with Gasteiger partial charge < -0.3 is 14.5 Å². The second kappa shape index (κ2) is 9.95. The lowest BCUT2D eigenvalue weighted by Gasteiger charge is -2.26. The van der Waals surface area contributed by atoms with E-state index in [9.17, 15) is 4.79 Å². The van der Waals surface area contributed by atoms with E-state index < -0.39 is 5.60 Å². The van der Waals surface area contributed by atoms with Gasteiger partial charge in [0.2, 0.25) is 0 Å². The molecule has 152 valence electrons. The Morgan fingerprint density at radius 1 is 1.11 bits per heavy atom. The molecule has 1 aromatic rings. The van der Waals surface area contributed by atoms with Gasteiger partial charge in [-0.05, 0) is 51.7 Å². The van der Waals surface area contributed by atoms with Crippen LogP contribution in [0.2, 0.25) is 0 Å². The molecule has 1 aliphatic heterocycles. The monoisotopic (exact) mass is 375 g/mol. The molecule has 2 heterocycles. The van der Waals surface area contributed by atoms with Crippen molar-refractivity contribution in [3.8, 4) is 0 Å². The number of pyridine rings is 1. The van der Waals surface area contributed by atoms with Crippen LogP contribution < -0.4 is 4.90 Å². The molecule has 27 heavy (non-hydrogen) atoms. The first-order valence-electron chi connectivity index (χ1n) is 10.6. The van der Waals surface area contributed by atoms with Crippen molar-refractivity contribution in [2.75, 3.05) is 31.1 Å². The summed E-state index contributed by atoms with van der Waals surface area (Å²) in [5, 5.41) is 0. The maximum absolute atomic E-state index is 12.4. The molecule has 0 saturated carbocycles. The van der Waals surface area contributed by atoms with Crippen LogP contribution in [0.5, 0.6) is 0 Å². The summed E-state index contributed by atoms with van der Waals surface area (Å²) < 4.78 is 5.54. The number of ether oxygens (including phenoxy) is 1. The van der Waals surface area contributed by atoms with Gasteiger partial charge in [0, 0.05) is 38.3 Å². The number of fused-ring (bicyclic) bond motifs is 1. The average molecular weight is 376 g/mol. The first-order chi connectivity index (χ1) is 12.8. The van der Waals surface area contributed by atoms with E-state index in [4.69, 9.17) is 9.72 Å². The summed E-state index contributed by atoms with van der Waals surface area (Å²) in [5.74, 6) is 1.08. The minimum Gasteiger partial charge on any atom is -0.444 e. The molecule has 0 unspecified atom stereocenters. The SMILES string of the molecule is CCCCN(CCCC)c1ccc2c(n1)CCN(C(=O)OC(C)(C)C)CC2. The summed E-state index contributed by atoms with van der Waals surface area (Å²) in [4.78, 5) is 21.6. The zero-order chi connectivity index (χ0) is 19.9. The van der Waals surface area contributed by atoms with E-state index in [0.29, 0.717) is 13.1 Å². The predicted molar refractivity (Wildman–Crippen MR) is 111 cm³/mol. The van der Waals surface area contributed by atoms with Crippen LogP contribution in [-0.2, 0) is 17.6 Å². The first-order valence-corrected chi connectivity index (χ1v) is 10.6. The van der Waals surface area contributed by atoms with Crippen molar-refractivity contribution in [3.63, 3.8) is 0 Å². The smallest absolute Gasteiger partial charge is 0.410 e. The van der Waals surface area contributed by atoms with Gasteiger partial charge in [0.05, 0.1) is 0 Å². The second-order valence-corrected chi connectivity index (χ2v) is 8.44. The fraction of sp³-hybridized carbons (Fsp3) is 0.727. The maximum Gasteiger partial charge on any atom is 0.410 e. The van der Waals surface area contributed by atoms with Crippen molar-refractivity contribution in [3.05, 3.63) is 23.4 Å². The topological polar surface area (TPSA) is 45.7 Å². The maximum atomic E-state index is 12.4. The molecule has 0 spiro atoms. The van der Waals surface area contributed by atoms with Gasteiger partial charge in [-0.3, -0.25) is 0 Å². The first kappa shape index (κ1) is 21.5. The molecule has 0 fully saturated rings. The quantitative estimate of drug-likeness (QED) is 0.685. The van der Waals surface area contributed by atoms with Crippen molar-refractivity contribution in [2.24, 2.45) is 0 Å². The predicted octanol–water partition coefficient (Wildman–Crippen LogP) is 4.82. The molecule has 0 atom stereocenters. The van der Waals surface area contributed by atoms with Gasteiger partial charge in [-0.25, -0.2) is 9.78 Å². The van der Waals surface area contributed by atoms with E-state index in [2.05, 4.69) is 30.9 Å². The molecule has 0 aliphatic carbocycles. The van der Waals surface area contributed by atoms with Crippen molar-refractivity contribution in [1.29, 1.82) is 0 Å². The molecule has 1 aromatic heterocycles. The van der Waals surface area contributed by atoms with Crippen LogP contribution in [0.4, 0.5) is 10.6 Å². The van der Waals surface area contributed by atoms with Gasteiger partial charge in [0.25, 0.3) is 0 Å². The average Bonchev–Trinajstić information content (AvgIpc) is 2.82. The number of hydrogen-bond acceptors (Lipinski definition) is 4. The number of unbranched alkanes of at least 4 members (excludes halogenated alkanes) is 2. The largest absolute Gasteiger partial charge is 0.444 e.